The first-order valence-electron chi connectivity index (χ1n) is 6.39. The van der Waals surface area contributed by atoms with Crippen LogP contribution in [0.15, 0.2) is 22.7 Å². The van der Waals surface area contributed by atoms with Crippen molar-refractivity contribution in [1.82, 2.24) is 0 Å². The summed E-state index contributed by atoms with van der Waals surface area (Å²) in [5.41, 5.74) is 1.11. The van der Waals surface area contributed by atoms with Crippen LogP contribution in [0.25, 0.3) is 0 Å². The second-order valence-corrected chi connectivity index (χ2v) is 6.13. The average molecular weight is 317 g/mol. The fourth-order valence-corrected chi connectivity index (χ4v) is 3.17. The molecule has 94 valence electrons. The highest BCUT2D eigenvalue weighted by Crippen LogP contribution is 2.33. The number of nitrogens with one attached hydrogen (secondary N) is 1. The van der Waals surface area contributed by atoms with Crippen molar-refractivity contribution in [3.8, 4) is 0 Å². The molecule has 3 heteroatoms. The van der Waals surface area contributed by atoms with E-state index < -0.39 is 0 Å². The Balaban J connectivity index is 2.01. The Hall–Kier alpha value is -0.210. The molecule has 1 fully saturated rings. The van der Waals surface area contributed by atoms with Crippen molar-refractivity contribution in [3.63, 3.8) is 0 Å². The first kappa shape index (κ1) is 13.2. The number of hydrogen-bond donors (Lipinski definition) is 1. The van der Waals surface area contributed by atoms with Gasteiger partial charge < -0.3 is 5.32 Å². The predicted molar refractivity (Wildman–Crippen MR) is 78.8 cm³/mol. The first-order chi connectivity index (χ1) is 8.18. The molecule has 1 aromatic carbocycles. The molecular formula is C14H19BrClN. The molecule has 0 heterocycles. The smallest absolute Gasteiger partial charge is 0.0593 e. The van der Waals surface area contributed by atoms with Crippen LogP contribution in [0.2, 0.25) is 5.02 Å². The second-order valence-electron chi connectivity index (χ2n) is 4.93. The van der Waals surface area contributed by atoms with Crippen LogP contribution in [-0.4, -0.2) is 6.04 Å². The molecule has 1 atom stereocenters. The van der Waals surface area contributed by atoms with Crippen LogP contribution in [0.4, 0.5) is 5.69 Å². The third-order valence-corrected chi connectivity index (χ3v) is 5.09. The highest BCUT2D eigenvalue weighted by Gasteiger charge is 2.20. The lowest BCUT2D eigenvalue weighted by Gasteiger charge is -2.29. The van der Waals surface area contributed by atoms with E-state index >= 15 is 0 Å². The van der Waals surface area contributed by atoms with Crippen LogP contribution in [0.3, 0.4) is 0 Å². The average Bonchev–Trinajstić information content (AvgIpc) is 2.36. The molecule has 1 N–H and O–H groups in total. The Morgan fingerprint density at radius 3 is 2.71 bits per heavy atom. The lowest BCUT2D eigenvalue weighted by Crippen LogP contribution is -2.27. The van der Waals surface area contributed by atoms with Gasteiger partial charge in [-0.05, 0) is 53.7 Å². The van der Waals surface area contributed by atoms with Gasteiger partial charge in [0.25, 0.3) is 0 Å². The Bertz CT molecular complexity index is 374. The molecule has 1 aliphatic rings. The van der Waals surface area contributed by atoms with Crippen molar-refractivity contribution >= 4 is 33.2 Å². The van der Waals surface area contributed by atoms with Gasteiger partial charge in [-0.15, -0.1) is 0 Å². The van der Waals surface area contributed by atoms with E-state index in [0.717, 1.165) is 21.1 Å². The van der Waals surface area contributed by atoms with Gasteiger partial charge in [0.05, 0.1) is 15.2 Å². The van der Waals surface area contributed by atoms with Gasteiger partial charge in [-0.2, -0.15) is 0 Å². The molecule has 1 unspecified atom stereocenters. The van der Waals surface area contributed by atoms with Crippen LogP contribution in [0.1, 0.15) is 39.0 Å². The number of hydrogen-bond acceptors (Lipinski definition) is 1. The minimum absolute atomic E-state index is 0.519. The molecule has 17 heavy (non-hydrogen) atoms. The molecule has 0 amide bonds. The van der Waals surface area contributed by atoms with E-state index in [1.165, 1.54) is 32.1 Å². The summed E-state index contributed by atoms with van der Waals surface area (Å²) in [6, 6.07) is 6.49. The summed E-state index contributed by atoms with van der Waals surface area (Å²) in [5, 5.41) is 4.36. The summed E-state index contributed by atoms with van der Waals surface area (Å²) in [6.07, 6.45) is 6.88. The normalized spacial score (nSPS) is 19.0. The van der Waals surface area contributed by atoms with Gasteiger partial charge in [-0.25, -0.2) is 0 Å². The van der Waals surface area contributed by atoms with Gasteiger partial charge in [0.2, 0.25) is 0 Å². The fraction of sp³-hybridized carbons (Fsp3) is 0.571. The summed E-state index contributed by atoms with van der Waals surface area (Å²) in [7, 11) is 0. The van der Waals surface area contributed by atoms with Gasteiger partial charge in [-0.3, -0.25) is 0 Å². The molecule has 0 spiro atoms. The quantitative estimate of drug-likeness (QED) is 0.778. The maximum Gasteiger partial charge on any atom is 0.0593 e. The van der Waals surface area contributed by atoms with E-state index in [2.05, 4.69) is 34.2 Å². The van der Waals surface area contributed by atoms with Crippen molar-refractivity contribution in [2.45, 2.75) is 45.1 Å². The molecular weight excluding hydrogens is 298 g/mol. The summed E-state index contributed by atoms with van der Waals surface area (Å²) in [5.74, 6) is 0.801. The fourth-order valence-electron chi connectivity index (χ4n) is 2.61. The molecule has 0 aliphatic heterocycles. The first-order valence-corrected chi connectivity index (χ1v) is 7.56. The summed E-state index contributed by atoms with van der Waals surface area (Å²) in [6.45, 7) is 2.28. The number of rotatable bonds is 3. The monoisotopic (exact) mass is 315 g/mol. The highest BCUT2D eigenvalue weighted by molar-refractivity contribution is 9.10. The lowest BCUT2D eigenvalue weighted by molar-refractivity contribution is 0.328. The summed E-state index contributed by atoms with van der Waals surface area (Å²) in [4.78, 5) is 0. The minimum atomic E-state index is 0.519. The standard InChI is InChI=1S/C14H19BrClN/c1-10(11-6-3-2-4-7-11)17-13-9-5-8-12(16)14(13)15/h5,8-11,17H,2-4,6-7H2,1H3. The van der Waals surface area contributed by atoms with Gasteiger partial charge in [0.15, 0.2) is 0 Å². The summed E-state index contributed by atoms with van der Waals surface area (Å²) >= 11 is 9.63. The molecule has 0 bridgehead atoms. The number of halogens is 2. The van der Waals surface area contributed by atoms with Crippen molar-refractivity contribution in [1.29, 1.82) is 0 Å². The van der Waals surface area contributed by atoms with E-state index in [4.69, 9.17) is 11.6 Å². The van der Waals surface area contributed by atoms with Crippen LogP contribution < -0.4 is 5.32 Å². The molecule has 0 saturated heterocycles. The van der Waals surface area contributed by atoms with Crippen LogP contribution in [0.5, 0.6) is 0 Å². The zero-order valence-electron chi connectivity index (χ0n) is 10.2. The van der Waals surface area contributed by atoms with Crippen molar-refractivity contribution < 1.29 is 0 Å². The Morgan fingerprint density at radius 2 is 2.00 bits per heavy atom. The maximum atomic E-state index is 6.10. The van der Waals surface area contributed by atoms with Crippen molar-refractivity contribution in [2.24, 2.45) is 5.92 Å². The third kappa shape index (κ3) is 3.38. The minimum Gasteiger partial charge on any atom is -0.381 e. The van der Waals surface area contributed by atoms with Gasteiger partial charge >= 0.3 is 0 Å². The largest absolute Gasteiger partial charge is 0.381 e. The Kier molecular flexibility index (Phi) is 4.75. The number of anilines is 1. The van der Waals surface area contributed by atoms with E-state index in [1.54, 1.807) is 0 Å². The number of benzene rings is 1. The van der Waals surface area contributed by atoms with Crippen LogP contribution >= 0.6 is 27.5 Å². The van der Waals surface area contributed by atoms with Gasteiger partial charge in [0.1, 0.15) is 0 Å². The van der Waals surface area contributed by atoms with E-state index in [-0.39, 0.29) is 0 Å². The molecule has 1 nitrogen and oxygen atoms in total. The Labute approximate surface area is 117 Å². The van der Waals surface area contributed by atoms with Crippen molar-refractivity contribution in [2.75, 3.05) is 5.32 Å². The predicted octanol–water partition coefficient (Wildman–Crippen LogP) is 5.48. The van der Waals surface area contributed by atoms with Gasteiger partial charge in [0, 0.05) is 6.04 Å². The highest BCUT2D eigenvalue weighted by atomic mass is 79.9. The van der Waals surface area contributed by atoms with Crippen LogP contribution in [-0.2, 0) is 0 Å². The summed E-state index contributed by atoms with van der Waals surface area (Å²) < 4.78 is 0.976. The molecule has 0 radical (unpaired) electrons. The third-order valence-electron chi connectivity index (χ3n) is 3.69. The van der Waals surface area contributed by atoms with E-state index in [9.17, 15) is 0 Å². The second kappa shape index (κ2) is 6.10. The zero-order valence-corrected chi connectivity index (χ0v) is 12.5. The maximum absolute atomic E-state index is 6.10. The molecule has 1 aromatic rings. The zero-order chi connectivity index (χ0) is 12.3. The van der Waals surface area contributed by atoms with E-state index in [1.807, 2.05) is 12.1 Å². The molecule has 0 aromatic heterocycles. The lowest BCUT2D eigenvalue weighted by atomic mass is 9.84. The molecule has 1 saturated carbocycles. The Morgan fingerprint density at radius 1 is 1.29 bits per heavy atom. The molecule has 1 aliphatic carbocycles. The topological polar surface area (TPSA) is 12.0 Å². The molecule has 2 rings (SSSR count). The van der Waals surface area contributed by atoms with Crippen molar-refractivity contribution in [3.05, 3.63) is 27.7 Å². The SMILES string of the molecule is CC(Nc1cccc(Cl)c1Br)C1CCCCC1. The van der Waals surface area contributed by atoms with E-state index in [0.29, 0.717) is 6.04 Å². The van der Waals surface area contributed by atoms with Gasteiger partial charge in [-0.1, -0.05) is 36.9 Å². The van der Waals surface area contributed by atoms with Crippen LogP contribution in [0, 0.1) is 5.92 Å².